The molecule has 1 amide bonds. The van der Waals surface area contributed by atoms with Crippen molar-refractivity contribution in [1.82, 2.24) is 20.1 Å². The number of hydrogen-bond donors (Lipinski definition) is 1. The third-order valence-corrected chi connectivity index (χ3v) is 5.95. The SMILES string of the molecule is CCCOc1cccc(C2c3c(-c4ccc(OC)cc4)n[nH]c3C(=O)N2Cc2cccnc2)c1. The van der Waals surface area contributed by atoms with Crippen LogP contribution in [-0.2, 0) is 6.54 Å². The van der Waals surface area contributed by atoms with Gasteiger partial charge >= 0.3 is 0 Å². The van der Waals surface area contributed by atoms with Crippen LogP contribution in [0.2, 0.25) is 0 Å². The molecule has 0 spiro atoms. The molecular formula is C27H26N4O3. The number of pyridine rings is 1. The number of aromatic nitrogens is 3. The molecule has 1 N–H and O–H groups in total. The van der Waals surface area contributed by atoms with Gasteiger partial charge in [0.25, 0.3) is 5.91 Å². The highest BCUT2D eigenvalue weighted by Gasteiger charge is 2.42. The predicted octanol–water partition coefficient (Wildman–Crippen LogP) is 5.01. The molecule has 7 heteroatoms. The van der Waals surface area contributed by atoms with E-state index in [-0.39, 0.29) is 11.9 Å². The van der Waals surface area contributed by atoms with Crippen LogP contribution in [0, 0.1) is 0 Å². The molecule has 1 unspecified atom stereocenters. The monoisotopic (exact) mass is 454 g/mol. The van der Waals surface area contributed by atoms with Crippen LogP contribution in [0.4, 0.5) is 0 Å². The number of H-pyrrole nitrogens is 1. The first-order valence-electron chi connectivity index (χ1n) is 11.3. The first kappa shape index (κ1) is 21.7. The van der Waals surface area contributed by atoms with Gasteiger partial charge in [-0.1, -0.05) is 25.1 Å². The Morgan fingerprint density at radius 3 is 2.65 bits per heavy atom. The van der Waals surface area contributed by atoms with E-state index >= 15 is 0 Å². The molecule has 2 aromatic heterocycles. The van der Waals surface area contributed by atoms with Gasteiger partial charge in [-0.05, 0) is 60.0 Å². The molecule has 2 aromatic carbocycles. The number of carbonyl (C=O) groups is 1. The van der Waals surface area contributed by atoms with Gasteiger partial charge < -0.3 is 14.4 Å². The number of nitrogens with zero attached hydrogens (tertiary/aromatic N) is 3. The van der Waals surface area contributed by atoms with Crippen molar-refractivity contribution in [1.29, 1.82) is 0 Å². The largest absolute Gasteiger partial charge is 0.497 e. The Morgan fingerprint density at radius 1 is 1.06 bits per heavy atom. The average Bonchev–Trinajstić information content (AvgIpc) is 3.42. The van der Waals surface area contributed by atoms with E-state index in [2.05, 4.69) is 22.1 Å². The Balaban J connectivity index is 1.61. The summed E-state index contributed by atoms with van der Waals surface area (Å²) in [6, 6.07) is 19.2. The molecule has 1 atom stereocenters. The van der Waals surface area contributed by atoms with Gasteiger partial charge in [0.2, 0.25) is 0 Å². The zero-order valence-electron chi connectivity index (χ0n) is 19.2. The molecule has 1 aliphatic heterocycles. The van der Waals surface area contributed by atoms with Gasteiger partial charge in [-0.2, -0.15) is 5.10 Å². The fourth-order valence-corrected chi connectivity index (χ4v) is 4.36. The maximum atomic E-state index is 13.6. The number of methoxy groups -OCH3 is 1. The first-order valence-corrected chi connectivity index (χ1v) is 11.3. The number of fused-ring (bicyclic) bond motifs is 1. The van der Waals surface area contributed by atoms with Gasteiger partial charge in [0.15, 0.2) is 0 Å². The van der Waals surface area contributed by atoms with Crippen LogP contribution in [0.5, 0.6) is 11.5 Å². The molecule has 0 aliphatic carbocycles. The van der Waals surface area contributed by atoms with E-state index in [1.807, 2.05) is 65.6 Å². The number of amides is 1. The molecule has 0 saturated heterocycles. The van der Waals surface area contributed by atoms with E-state index in [0.717, 1.165) is 45.9 Å². The van der Waals surface area contributed by atoms with Gasteiger partial charge in [-0.25, -0.2) is 0 Å². The molecule has 0 bridgehead atoms. The Labute approximate surface area is 198 Å². The molecule has 34 heavy (non-hydrogen) atoms. The number of benzene rings is 2. The van der Waals surface area contributed by atoms with E-state index in [1.165, 1.54) is 0 Å². The highest BCUT2D eigenvalue weighted by atomic mass is 16.5. The minimum atomic E-state index is -0.316. The third-order valence-electron chi connectivity index (χ3n) is 5.95. The topological polar surface area (TPSA) is 80.3 Å². The Hall–Kier alpha value is -4.13. The first-order chi connectivity index (χ1) is 16.7. The van der Waals surface area contributed by atoms with Crippen molar-refractivity contribution in [2.24, 2.45) is 0 Å². The van der Waals surface area contributed by atoms with Crippen molar-refractivity contribution >= 4 is 5.91 Å². The Kier molecular flexibility index (Phi) is 5.99. The summed E-state index contributed by atoms with van der Waals surface area (Å²) in [4.78, 5) is 19.7. The summed E-state index contributed by atoms with van der Waals surface area (Å²) < 4.78 is 11.2. The van der Waals surface area contributed by atoms with Gasteiger partial charge in [-0.15, -0.1) is 0 Å². The molecule has 3 heterocycles. The second-order valence-corrected chi connectivity index (χ2v) is 8.21. The summed E-state index contributed by atoms with van der Waals surface area (Å²) in [6.07, 6.45) is 4.45. The maximum Gasteiger partial charge on any atom is 0.273 e. The Bertz CT molecular complexity index is 1280. The van der Waals surface area contributed by atoms with E-state index in [0.29, 0.717) is 18.8 Å². The van der Waals surface area contributed by atoms with Crippen molar-refractivity contribution < 1.29 is 14.3 Å². The van der Waals surface area contributed by atoms with E-state index in [1.54, 1.807) is 19.5 Å². The van der Waals surface area contributed by atoms with Crippen LogP contribution in [0.15, 0.2) is 73.1 Å². The van der Waals surface area contributed by atoms with E-state index in [9.17, 15) is 4.79 Å². The summed E-state index contributed by atoms with van der Waals surface area (Å²) in [5.74, 6) is 1.47. The quantitative estimate of drug-likeness (QED) is 0.405. The van der Waals surface area contributed by atoms with Crippen molar-refractivity contribution in [3.8, 4) is 22.8 Å². The van der Waals surface area contributed by atoms with Crippen LogP contribution >= 0.6 is 0 Å². The van der Waals surface area contributed by atoms with E-state index < -0.39 is 0 Å². The number of carbonyl (C=O) groups excluding carboxylic acids is 1. The smallest absolute Gasteiger partial charge is 0.273 e. The standard InChI is InChI=1S/C27H26N4O3/c1-3-14-34-22-8-4-7-20(15-22)26-23-24(19-9-11-21(33-2)12-10-19)29-30-25(23)27(32)31(26)17-18-6-5-13-28-16-18/h4-13,15-16,26H,3,14,17H2,1-2H3,(H,29,30). The lowest BCUT2D eigenvalue weighted by Gasteiger charge is -2.26. The highest BCUT2D eigenvalue weighted by molar-refractivity contribution is 6.00. The van der Waals surface area contributed by atoms with Crippen LogP contribution in [0.1, 0.15) is 46.6 Å². The summed E-state index contributed by atoms with van der Waals surface area (Å²) in [7, 11) is 1.64. The number of aromatic amines is 1. The van der Waals surface area contributed by atoms with Crippen LogP contribution in [-0.4, -0.2) is 39.7 Å². The molecule has 1 aliphatic rings. The normalized spacial score (nSPS) is 14.8. The van der Waals surface area contributed by atoms with Crippen LogP contribution < -0.4 is 9.47 Å². The lowest BCUT2D eigenvalue weighted by atomic mass is 9.95. The van der Waals surface area contributed by atoms with Crippen molar-refractivity contribution in [2.75, 3.05) is 13.7 Å². The van der Waals surface area contributed by atoms with Gasteiger partial charge in [0.05, 0.1) is 25.5 Å². The number of ether oxygens (including phenoxy) is 2. The molecule has 4 aromatic rings. The minimum absolute atomic E-state index is 0.0870. The van der Waals surface area contributed by atoms with Crippen LogP contribution in [0.3, 0.4) is 0 Å². The number of hydrogen-bond acceptors (Lipinski definition) is 5. The number of rotatable bonds is 8. The molecule has 5 rings (SSSR count). The minimum Gasteiger partial charge on any atom is -0.497 e. The summed E-state index contributed by atoms with van der Waals surface area (Å²) in [5, 5.41) is 7.55. The molecule has 0 radical (unpaired) electrons. The zero-order valence-corrected chi connectivity index (χ0v) is 19.2. The highest BCUT2D eigenvalue weighted by Crippen LogP contribution is 2.44. The van der Waals surface area contributed by atoms with Crippen molar-refractivity contribution in [2.45, 2.75) is 25.9 Å². The third kappa shape index (κ3) is 4.01. The molecular weight excluding hydrogens is 428 g/mol. The molecule has 0 fully saturated rings. The second-order valence-electron chi connectivity index (χ2n) is 8.21. The fraction of sp³-hybridized carbons (Fsp3) is 0.222. The summed E-state index contributed by atoms with van der Waals surface area (Å²) >= 11 is 0. The predicted molar refractivity (Wildman–Crippen MR) is 129 cm³/mol. The zero-order chi connectivity index (χ0) is 23.5. The second kappa shape index (κ2) is 9.39. The molecule has 7 nitrogen and oxygen atoms in total. The average molecular weight is 455 g/mol. The van der Waals surface area contributed by atoms with Gasteiger partial charge in [0.1, 0.15) is 17.2 Å². The molecule has 172 valence electrons. The molecule has 0 saturated carbocycles. The van der Waals surface area contributed by atoms with Crippen LogP contribution in [0.25, 0.3) is 11.3 Å². The fourth-order valence-electron chi connectivity index (χ4n) is 4.36. The number of nitrogens with one attached hydrogen (secondary N) is 1. The Morgan fingerprint density at radius 2 is 1.91 bits per heavy atom. The lowest BCUT2D eigenvalue weighted by Crippen LogP contribution is -2.29. The van der Waals surface area contributed by atoms with Gasteiger partial charge in [0, 0.05) is 30.1 Å². The van der Waals surface area contributed by atoms with Crippen molar-refractivity contribution in [3.63, 3.8) is 0 Å². The van der Waals surface area contributed by atoms with Gasteiger partial charge in [-0.3, -0.25) is 14.9 Å². The lowest BCUT2D eigenvalue weighted by molar-refractivity contribution is 0.0729. The summed E-state index contributed by atoms with van der Waals surface area (Å²) in [6.45, 7) is 3.15. The maximum absolute atomic E-state index is 13.6. The summed E-state index contributed by atoms with van der Waals surface area (Å²) in [5.41, 5.74) is 4.98. The van der Waals surface area contributed by atoms with E-state index in [4.69, 9.17) is 9.47 Å². The van der Waals surface area contributed by atoms with Crippen molar-refractivity contribution in [3.05, 3.63) is 95.4 Å².